The van der Waals surface area contributed by atoms with Crippen molar-refractivity contribution in [3.63, 3.8) is 0 Å². The number of rotatable bonds is 18. The molecule has 33 heavy (non-hydrogen) atoms. The van der Waals surface area contributed by atoms with Crippen LogP contribution in [0, 0.1) is 11.8 Å². The Labute approximate surface area is 202 Å². The molecule has 0 spiro atoms. The molecule has 0 aliphatic carbocycles. The predicted molar refractivity (Wildman–Crippen MR) is 128 cm³/mol. The van der Waals surface area contributed by atoms with Crippen LogP contribution in [0.5, 0.6) is 0 Å². The fraction of sp³-hybridized carbons (Fsp3) is 0.926. The van der Waals surface area contributed by atoms with E-state index in [1.165, 1.54) is 32.1 Å². The lowest BCUT2D eigenvalue weighted by Gasteiger charge is -2.55. The molecule has 194 valence electrons. The molecule has 6 heteroatoms. The summed E-state index contributed by atoms with van der Waals surface area (Å²) in [6.45, 7) is 11.6. The number of hydroxylamine groups is 2. The molecule has 6 nitrogen and oxygen atoms in total. The Hall–Kier alpha value is -1.14. The maximum Gasteiger partial charge on any atom is 0.0685 e. The molecule has 0 bridgehead atoms. The van der Waals surface area contributed by atoms with Gasteiger partial charge in [0.05, 0.1) is 6.61 Å². The van der Waals surface area contributed by atoms with Crippen LogP contribution in [0.25, 0.3) is 0 Å². The van der Waals surface area contributed by atoms with Gasteiger partial charge in [-0.15, -0.1) is 0 Å². The van der Waals surface area contributed by atoms with Gasteiger partial charge in [0, 0.05) is 28.9 Å². The number of aliphatic carboxylic acids is 2. The van der Waals surface area contributed by atoms with Gasteiger partial charge < -0.3 is 19.8 Å². The molecule has 0 aromatic carbocycles. The van der Waals surface area contributed by atoms with E-state index in [0.717, 1.165) is 44.9 Å². The van der Waals surface area contributed by atoms with Crippen LogP contribution >= 0.6 is 0 Å². The second kappa shape index (κ2) is 15.0. The van der Waals surface area contributed by atoms with Crippen LogP contribution in [0.1, 0.15) is 131 Å². The molecule has 1 aliphatic heterocycles. The molecule has 1 fully saturated rings. The highest BCUT2D eigenvalue weighted by Crippen LogP contribution is 2.45. The number of carbonyl (C=O) groups is 2. The van der Waals surface area contributed by atoms with Crippen LogP contribution in [0.3, 0.4) is 0 Å². The zero-order valence-electron chi connectivity index (χ0n) is 22.0. The normalized spacial score (nSPS) is 19.4. The summed E-state index contributed by atoms with van der Waals surface area (Å²) < 4.78 is 0. The molecule has 0 aromatic rings. The summed E-state index contributed by atoms with van der Waals surface area (Å²) in [6, 6.07) is 0. The zero-order chi connectivity index (χ0) is 24.9. The van der Waals surface area contributed by atoms with Crippen molar-refractivity contribution >= 4 is 11.9 Å². The quantitative estimate of drug-likeness (QED) is 0.278. The highest BCUT2D eigenvalue weighted by molar-refractivity contribution is 5.68. The summed E-state index contributed by atoms with van der Waals surface area (Å²) in [5, 5.41) is 24.6. The summed E-state index contributed by atoms with van der Waals surface area (Å²) >= 11 is 0. The number of hydrogen-bond acceptors (Lipinski definition) is 6. The Bertz CT molecular complexity index is 557. The Balaban J connectivity index is 2.54. The number of nitrogens with zero attached hydrogens (tertiary/aromatic N) is 1. The minimum Gasteiger partial charge on any atom is -0.550 e. The average molecular weight is 468 g/mol. The van der Waals surface area contributed by atoms with Gasteiger partial charge in [0.1, 0.15) is 0 Å². The highest BCUT2D eigenvalue weighted by atomic mass is 16.7. The maximum atomic E-state index is 12.0. The van der Waals surface area contributed by atoms with Crippen LogP contribution in [0.15, 0.2) is 0 Å². The van der Waals surface area contributed by atoms with Gasteiger partial charge in [-0.05, 0) is 72.1 Å². The van der Waals surface area contributed by atoms with Crippen molar-refractivity contribution in [2.75, 3.05) is 6.61 Å². The first-order valence-electron chi connectivity index (χ1n) is 13.3. The number of carboxylic acids is 2. The first kappa shape index (κ1) is 29.9. The van der Waals surface area contributed by atoms with Crippen molar-refractivity contribution in [1.82, 2.24) is 5.06 Å². The van der Waals surface area contributed by atoms with Gasteiger partial charge in [-0.2, -0.15) is 5.06 Å². The third-order valence-electron chi connectivity index (χ3n) is 7.11. The third-order valence-corrected chi connectivity index (χ3v) is 7.11. The van der Waals surface area contributed by atoms with Gasteiger partial charge in [0.2, 0.25) is 0 Å². The third kappa shape index (κ3) is 11.2. The topological polar surface area (TPSA) is 92.7 Å². The van der Waals surface area contributed by atoms with E-state index in [1.54, 1.807) is 0 Å². The van der Waals surface area contributed by atoms with E-state index in [2.05, 4.69) is 39.7 Å². The lowest BCUT2D eigenvalue weighted by Crippen LogP contribution is -2.61. The van der Waals surface area contributed by atoms with E-state index in [4.69, 9.17) is 4.84 Å². The molecule has 1 atom stereocenters. The lowest BCUT2D eigenvalue weighted by atomic mass is 9.69. The average Bonchev–Trinajstić information content (AvgIpc) is 2.69. The largest absolute Gasteiger partial charge is 0.550 e. The summed E-state index contributed by atoms with van der Waals surface area (Å²) in [4.78, 5) is 28.8. The molecule has 1 heterocycles. The molecule has 1 saturated heterocycles. The van der Waals surface area contributed by atoms with E-state index in [0.29, 0.717) is 19.4 Å². The summed E-state index contributed by atoms with van der Waals surface area (Å²) in [6.07, 6.45) is 13.8. The molecule has 1 rings (SSSR count). The van der Waals surface area contributed by atoms with Crippen molar-refractivity contribution in [3.05, 3.63) is 0 Å². The smallest absolute Gasteiger partial charge is 0.0685 e. The molecule has 0 saturated carbocycles. The predicted octanol–water partition coefficient (Wildman–Crippen LogP) is 4.39. The summed E-state index contributed by atoms with van der Waals surface area (Å²) in [5.41, 5.74) is -0.486. The first-order valence-corrected chi connectivity index (χ1v) is 13.3. The molecule has 1 aliphatic rings. The SMILES string of the molecule is CCCCCCCCON1C(C)(C)CC(C(CCCCCCCC(=O)[O-])C(=O)[O-])CC1(C)C. The van der Waals surface area contributed by atoms with E-state index < -0.39 is 17.9 Å². The van der Waals surface area contributed by atoms with Crippen molar-refractivity contribution in [2.24, 2.45) is 11.8 Å². The Morgan fingerprint density at radius 2 is 1.36 bits per heavy atom. The van der Waals surface area contributed by atoms with Gasteiger partial charge in [0.15, 0.2) is 0 Å². The fourth-order valence-corrected chi connectivity index (χ4v) is 5.72. The van der Waals surface area contributed by atoms with Crippen molar-refractivity contribution in [3.8, 4) is 0 Å². The Morgan fingerprint density at radius 1 is 0.848 bits per heavy atom. The van der Waals surface area contributed by atoms with Crippen molar-refractivity contribution < 1.29 is 24.6 Å². The monoisotopic (exact) mass is 467 g/mol. The highest BCUT2D eigenvalue weighted by Gasteiger charge is 2.48. The number of carbonyl (C=O) groups excluding carboxylic acids is 2. The minimum atomic E-state index is -1.00. The number of unbranched alkanes of at least 4 members (excludes halogenated alkanes) is 9. The van der Waals surface area contributed by atoms with Crippen LogP contribution in [-0.2, 0) is 14.4 Å². The van der Waals surface area contributed by atoms with Gasteiger partial charge in [-0.25, -0.2) is 0 Å². The minimum absolute atomic E-state index is 0.0620. The number of piperidine rings is 1. The summed E-state index contributed by atoms with van der Waals surface area (Å²) in [5.74, 6) is -2.33. The van der Waals surface area contributed by atoms with E-state index in [9.17, 15) is 19.8 Å². The van der Waals surface area contributed by atoms with Crippen LogP contribution < -0.4 is 10.2 Å². The van der Waals surface area contributed by atoms with Gasteiger partial charge >= 0.3 is 0 Å². The second-order valence-electron chi connectivity index (χ2n) is 11.3. The van der Waals surface area contributed by atoms with E-state index in [-0.39, 0.29) is 23.4 Å². The van der Waals surface area contributed by atoms with Gasteiger partial charge in [-0.3, -0.25) is 4.84 Å². The van der Waals surface area contributed by atoms with E-state index in [1.807, 2.05) is 0 Å². The Kier molecular flexibility index (Phi) is 13.6. The first-order chi connectivity index (χ1) is 15.5. The second-order valence-corrected chi connectivity index (χ2v) is 11.3. The zero-order valence-corrected chi connectivity index (χ0v) is 22.0. The number of carboxylic acid groups (broad SMARTS) is 2. The molecule has 0 N–H and O–H groups in total. The van der Waals surface area contributed by atoms with Gasteiger partial charge in [0.25, 0.3) is 0 Å². The van der Waals surface area contributed by atoms with Crippen LogP contribution in [0.4, 0.5) is 0 Å². The molecular weight excluding hydrogens is 418 g/mol. The Morgan fingerprint density at radius 3 is 1.91 bits per heavy atom. The molecule has 1 unspecified atom stereocenters. The standard InChI is InChI=1S/C27H51NO5/c1-6-7-8-9-13-16-19-33-28-26(2,3)20-22(21-27(28,4)5)23(25(31)32)17-14-11-10-12-15-18-24(29)30/h22-23H,6-21H2,1-5H3,(H,29,30)(H,31,32)/p-2. The lowest BCUT2D eigenvalue weighted by molar-refractivity contribution is -0.320. The van der Waals surface area contributed by atoms with Crippen molar-refractivity contribution in [1.29, 1.82) is 0 Å². The molecular formula is C27H49NO5-2. The van der Waals surface area contributed by atoms with E-state index >= 15 is 0 Å². The van der Waals surface area contributed by atoms with Crippen molar-refractivity contribution in [2.45, 2.75) is 142 Å². The maximum absolute atomic E-state index is 12.0. The number of hydrogen-bond donors (Lipinski definition) is 0. The molecule has 0 aromatic heterocycles. The van der Waals surface area contributed by atoms with Crippen LogP contribution in [-0.4, -0.2) is 34.7 Å². The molecule has 0 radical (unpaired) electrons. The molecule has 0 amide bonds. The fourth-order valence-electron chi connectivity index (χ4n) is 5.72. The van der Waals surface area contributed by atoms with Gasteiger partial charge in [-0.1, -0.05) is 64.7 Å². The van der Waals surface area contributed by atoms with Crippen LogP contribution in [0.2, 0.25) is 0 Å². The summed E-state index contributed by atoms with van der Waals surface area (Å²) in [7, 11) is 0.